The first-order valence-electron chi connectivity index (χ1n) is 3.47. The minimum absolute atomic E-state index is 0.259. The minimum Gasteiger partial charge on any atom is -0.467 e. The van der Waals surface area contributed by atoms with Crippen LogP contribution in [0.5, 0.6) is 0 Å². The second-order valence-electron chi connectivity index (χ2n) is 2.41. The van der Waals surface area contributed by atoms with E-state index in [1.54, 1.807) is 0 Å². The van der Waals surface area contributed by atoms with Crippen LogP contribution in [0.1, 0.15) is 12.8 Å². The number of ether oxygens (including phenoxy) is 1. The van der Waals surface area contributed by atoms with E-state index in [4.69, 9.17) is 11.6 Å². The van der Waals surface area contributed by atoms with Crippen molar-refractivity contribution in [3.05, 3.63) is 0 Å². The highest BCUT2D eigenvalue weighted by Gasteiger charge is 2.23. The molecule has 0 bridgehead atoms. The van der Waals surface area contributed by atoms with Gasteiger partial charge in [-0.15, -0.1) is 11.6 Å². The number of carbonyl (C=O) groups is 1. The maximum absolute atomic E-state index is 10.9. The number of hydrogen-bond acceptors (Lipinski definition) is 3. The molecular weight excluding hydrogens is 166 g/mol. The Labute approximate surface area is 70.4 Å². The Hall–Kier alpha value is -0.570. The van der Waals surface area contributed by atoms with Crippen LogP contribution in [0.15, 0.2) is 4.99 Å². The van der Waals surface area contributed by atoms with Crippen LogP contribution in [-0.2, 0) is 9.53 Å². The summed E-state index contributed by atoms with van der Waals surface area (Å²) in [4.78, 5) is 15.0. The van der Waals surface area contributed by atoms with E-state index >= 15 is 0 Å². The molecule has 0 spiro atoms. The molecule has 0 aromatic rings. The summed E-state index contributed by atoms with van der Waals surface area (Å²) in [6, 6.07) is -0.297. The summed E-state index contributed by atoms with van der Waals surface area (Å²) in [7, 11) is 1.37. The summed E-state index contributed by atoms with van der Waals surface area (Å²) in [5.41, 5.74) is 0.905. The third-order valence-corrected chi connectivity index (χ3v) is 1.98. The number of alkyl halides is 1. The van der Waals surface area contributed by atoms with Crippen LogP contribution in [0.3, 0.4) is 0 Å². The SMILES string of the molecule is COC(=O)C1CCC(CCl)=N1. The minimum atomic E-state index is -0.297. The molecule has 1 unspecified atom stereocenters. The molecule has 1 atom stereocenters. The first-order valence-corrected chi connectivity index (χ1v) is 4.00. The Balaban J connectivity index is 2.52. The lowest BCUT2D eigenvalue weighted by Crippen LogP contribution is -2.16. The largest absolute Gasteiger partial charge is 0.467 e. The number of aliphatic imine (C=N–C) groups is 1. The van der Waals surface area contributed by atoms with Gasteiger partial charge < -0.3 is 4.74 Å². The zero-order valence-corrected chi connectivity index (χ0v) is 7.10. The molecule has 1 aliphatic rings. The van der Waals surface area contributed by atoms with Crippen LogP contribution >= 0.6 is 11.6 Å². The van der Waals surface area contributed by atoms with E-state index in [1.165, 1.54) is 7.11 Å². The van der Waals surface area contributed by atoms with Gasteiger partial charge in [0.05, 0.1) is 13.0 Å². The molecule has 11 heavy (non-hydrogen) atoms. The summed E-state index contributed by atoms with van der Waals surface area (Å²) < 4.78 is 4.54. The highest BCUT2D eigenvalue weighted by Crippen LogP contribution is 2.14. The lowest BCUT2D eigenvalue weighted by atomic mass is 10.2. The molecule has 0 aliphatic carbocycles. The fourth-order valence-corrected chi connectivity index (χ4v) is 1.26. The molecule has 0 N–H and O–H groups in total. The van der Waals surface area contributed by atoms with Gasteiger partial charge in [-0.1, -0.05) is 0 Å². The third-order valence-electron chi connectivity index (χ3n) is 1.67. The van der Waals surface area contributed by atoms with Gasteiger partial charge in [0.1, 0.15) is 6.04 Å². The molecule has 0 aromatic carbocycles. The van der Waals surface area contributed by atoms with E-state index in [1.807, 2.05) is 0 Å². The molecule has 0 aromatic heterocycles. The van der Waals surface area contributed by atoms with Gasteiger partial charge in [-0.25, -0.2) is 4.79 Å². The van der Waals surface area contributed by atoms with Crippen molar-refractivity contribution in [2.75, 3.05) is 13.0 Å². The Kier molecular flexibility index (Phi) is 2.88. The Morgan fingerprint density at radius 2 is 2.64 bits per heavy atom. The second kappa shape index (κ2) is 3.72. The maximum atomic E-state index is 10.9. The normalized spacial score (nSPS) is 23.1. The Bertz CT molecular complexity index is 191. The molecule has 1 heterocycles. The highest BCUT2D eigenvalue weighted by molar-refractivity contribution is 6.29. The average Bonchev–Trinajstić information content (AvgIpc) is 2.50. The van der Waals surface area contributed by atoms with Gasteiger partial charge in [-0.05, 0) is 12.8 Å². The van der Waals surface area contributed by atoms with Crippen molar-refractivity contribution < 1.29 is 9.53 Å². The number of methoxy groups -OCH3 is 1. The van der Waals surface area contributed by atoms with Crippen molar-refractivity contribution in [2.45, 2.75) is 18.9 Å². The lowest BCUT2D eigenvalue weighted by molar-refractivity contribution is -0.141. The van der Waals surface area contributed by atoms with Gasteiger partial charge in [0.25, 0.3) is 0 Å². The predicted octanol–water partition coefficient (Wildman–Crippen LogP) is 1.00. The number of halogens is 1. The number of esters is 1. The van der Waals surface area contributed by atoms with Crippen molar-refractivity contribution in [1.29, 1.82) is 0 Å². The summed E-state index contributed by atoms with van der Waals surface area (Å²) in [6.07, 6.45) is 1.57. The standard InChI is InChI=1S/C7H10ClNO2/c1-11-7(10)6-3-2-5(4-8)9-6/h6H,2-4H2,1H3. The van der Waals surface area contributed by atoms with Gasteiger partial charge in [0.15, 0.2) is 0 Å². The quantitative estimate of drug-likeness (QED) is 0.464. The Morgan fingerprint density at radius 1 is 1.91 bits per heavy atom. The number of carbonyl (C=O) groups excluding carboxylic acids is 1. The molecule has 4 heteroatoms. The van der Waals surface area contributed by atoms with Crippen molar-refractivity contribution in [3.8, 4) is 0 Å². The molecule has 0 amide bonds. The summed E-state index contributed by atoms with van der Waals surface area (Å²) in [5.74, 6) is 0.165. The van der Waals surface area contributed by atoms with Crippen LogP contribution in [0, 0.1) is 0 Å². The number of rotatable bonds is 2. The first-order chi connectivity index (χ1) is 5.27. The van der Waals surface area contributed by atoms with Crippen LogP contribution in [0.25, 0.3) is 0 Å². The van der Waals surface area contributed by atoms with Gasteiger partial charge in [0, 0.05) is 5.71 Å². The third kappa shape index (κ3) is 1.93. The molecular formula is C7H10ClNO2. The maximum Gasteiger partial charge on any atom is 0.330 e. The van der Waals surface area contributed by atoms with Crippen molar-refractivity contribution >= 4 is 23.3 Å². The average molecular weight is 176 g/mol. The van der Waals surface area contributed by atoms with Crippen LogP contribution in [0.2, 0.25) is 0 Å². The molecule has 0 saturated carbocycles. The molecule has 62 valence electrons. The topological polar surface area (TPSA) is 38.7 Å². The van der Waals surface area contributed by atoms with Crippen LogP contribution in [-0.4, -0.2) is 30.7 Å². The fourth-order valence-electron chi connectivity index (χ4n) is 1.06. The molecule has 3 nitrogen and oxygen atoms in total. The number of nitrogens with zero attached hydrogens (tertiary/aromatic N) is 1. The van der Waals surface area contributed by atoms with E-state index in [9.17, 15) is 4.79 Å². The van der Waals surface area contributed by atoms with Gasteiger partial charge in [-0.3, -0.25) is 4.99 Å². The predicted molar refractivity (Wildman–Crippen MR) is 43.2 cm³/mol. The van der Waals surface area contributed by atoms with Crippen molar-refractivity contribution in [3.63, 3.8) is 0 Å². The van der Waals surface area contributed by atoms with E-state index in [0.717, 1.165) is 18.6 Å². The second-order valence-corrected chi connectivity index (χ2v) is 2.67. The van der Waals surface area contributed by atoms with Gasteiger partial charge >= 0.3 is 5.97 Å². The van der Waals surface area contributed by atoms with Gasteiger partial charge in [0.2, 0.25) is 0 Å². The summed E-state index contributed by atoms with van der Waals surface area (Å²) >= 11 is 5.54. The van der Waals surface area contributed by atoms with E-state index < -0.39 is 0 Å². The van der Waals surface area contributed by atoms with E-state index in [0.29, 0.717) is 5.88 Å². The molecule has 0 saturated heterocycles. The summed E-state index contributed by atoms with van der Waals surface area (Å²) in [6.45, 7) is 0. The van der Waals surface area contributed by atoms with Crippen LogP contribution in [0.4, 0.5) is 0 Å². The molecule has 1 aliphatic heterocycles. The highest BCUT2D eigenvalue weighted by atomic mass is 35.5. The fraction of sp³-hybridized carbons (Fsp3) is 0.714. The molecule has 0 fully saturated rings. The van der Waals surface area contributed by atoms with Crippen molar-refractivity contribution in [1.82, 2.24) is 0 Å². The zero-order valence-electron chi connectivity index (χ0n) is 6.34. The smallest absolute Gasteiger partial charge is 0.330 e. The van der Waals surface area contributed by atoms with E-state index in [2.05, 4.69) is 9.73 Å². The van der Waals surface area contributed by atoms with Crippen LogP contribution < -0.4 is 0 Å². The Morgan fingerprint density at radius 3 is 3.09 bits per heavy atom. The van der Waals surface area contributed by atoms with E-state index in [-0.39, 0.29) is 12.0 Å². The van der Waals surface area contributed by atoms with Gasteiger partial charge in [-0.2, -0.15) is 0 Å². The summed E-state index contributed by atoms with van der Waals surface area (Å²) in [5, 5.41) is 0. The molecule has 0 radical (unpaired) electrons. The number of hydrogen-bond donors (Lipinski definition) is 0. The molecule has 1 rings (SSSR count). The zero-order chi connectivity index (χ0) is 8.27. The lowest BCUT2D eigenvalue weighted by Gasteiger charge is -2.01. The monoisotopic (exact) mass is 175 g/mol. The first kappa shape index (κ1) is 8.53. The van der Waals surface area contributed by atoms with Crippen molar-refractivity contribution in [2.24, 2.45) is 4.99 Å².